The number of carboxylic acid groups (broad SMARTS) is 1. The number of carbonyl (C=O) groups excluding carboxylic acids is 1. The summed E-state index contributed by atoms with van der Waals surface area (Å²) in [5.74, 6) is 0.0395. The second-order valence-electron chi connectivity index (χ2n) is 7.68. The SMILES string of the molecule is CC(c1cc2ccccc2o1)N(C)C(=O)CN1CCC(N(C)CC(=O)O)CC1. The molecule has 152 valence electrons. The van der Waals surface area contributed by atoms with Gasteiger partial charge in [-0.05, 0) is 38.9 Å². The molecular weight excluding hydrogens is 358 g/mol. The maximum absolute atomic E-state index is 12.8. The number of hydrogen-bond donors (Lipinski definition) is 1. The minimum atomic E-state index is -0.804. The number of nitrogens with zero attached hydrogens (tertiary/aromatic N) is 3. The van der Waals surface area contributed by atoms with Gasteiger partial charge in [-0.1, -0.05) is 18.2 Å². The third kappa shape index (κ3) is 4.72. The van der Waals surface area contributed by atoms with Crippen molar-refractivity contribution in [2.45, 2.75) is 31.8 Å². The Hall–Kier alpha value is -2.38. The van der Waals surface area contributed by atoms with Gasteiger partial charge in [-0.3, -0.25) is 19.4 Å². The van der Waals surface area contributed by atoms with Crippen LogP contribution in [0.2, 0.25) is 0 Å². The molecule has 1 aliphatic heterocycles. The highest BCUT2D eigenvalue weighted by atomic mass is 16.4. The molecule has 1 aromatic carbocycles. The highest BCUT2D eigenvalue weighted by Gasteiger charge is 2.27. The zero-order valence-electron chi connectivity index (χ0n) is 16.8. The van der Waals surface area contributed by atoms with Gasteiger partial charge in [-0.25, -0.2) is 0 Å². The second-order valence-corrected chi connectivity index (χ2v) is 7.68. The standard InChI is InChI=1S/C21H29N3O4/c1-15(19-12-16-6-4-5-7-18(16)28-19)23(3)20(25)13-24-10-8-17(9-11-24)22(2)14-21(26)27/h4-7,12,15,17H,8-11,13-14H2,1-3H3,(H,26,27). The number of fused-ring (bicyclic) bond motifs is 1. The molecule has 7 nitrogen and oxygen atoms in total. The number of hydrogen-bond acceptors (Lipinski definition) is 5. The van der Waals surface area contributed by atoms with E-state index in [1.807, 2.05) is 56.3 Å². The fourth-order valence-corrected chi connectivity index (χ4v) is 3.78. The number of piperidine rings is 1. The molecule has 2 heterocycles. The van der Waals surface area contributed by atoms with Crippen molar-refractivity contribution in [1.29, 1.82) is 0 Å². The third-order valence-corrected chi connectivity index (χ3v) is 5.75. The van der Waals surface area contributed by atoms with E-state index < -0.39 is 5.97 Å². The Morgan fingerprint density at radius 2 is 1.93 bits per heavy atom. The van der Waals surface area contributed by atoms with Gasteiger partial charge in [-0.2, -0.15) is 0 Å². The van der Waals surface area contributed by atoms with Gasteiger partial charge in [0.2, 0.25) is 5.91 Å². The topological polar surface area (TPSA) is 77.2 Å². The average molecular weight is 387 g/mol. The Labute approximate surface area is 165 Å². The Morgan fingerprint density at radius 1 is 1.25 bits per heavy atom. The van der Waals surface area contributed by atoms with Gasteiger partial charge in [0.25, 0.3) is 0 Å². The summed E-state index contributed by atoms with van der Waals surface area (Å²) in [6.45, 7) is 4.00. The molecule has 1 fully saturated rings. The van der Waals surface area contributed by atoms with Gasteiger partial charge < -0.3 is 14.4 Å². The number of furan rings is 1. The van der Waals surface area contributed by atoms with Crippen molar-refractivity contribution in [1.82, 2.24) is 14.7 Å². The Balaban J connectivity index is 1.52. The molecule has 7 heteroatoms. The van der Waals surface area contributed by atoms with Gasteiger partial charge in [0, 0.05) is 31.6 Å². The van der Waals surface area contributed by atoms with Crippen LogP contribution in [-0.2, 0) is 9.59 Å². The first kappa shape index (κ1) is 20.4. The lowest BCUT2D eigenvalue weighted by Crippen LogP contribution is -2.47. The molecule has 0 bridgehead atoms. The number of rotatable bonds is 7. The van der Waals surface area contributed by atoms with Crippen LogP contribution in [0.25, 0.3) is 11.0 Å². The number of carbonyl (C=O) groups is 2. The van der Waals surface area contributed by atoms with Crippen molar-refractivity contribution in [3.8, 4) is 0 Å². The van der Waals surface area contributed by atoms with E-state index in [4.69, 9.17) is 9.52 Å². The summed E-state index contributed by atoms with van der Waals surface area (Å²) >= 11 is 0. The summed E-state index contributed by atoms with van der Waals surface area (Å²) in [5, 5.41) is 9.97. The smallest absolute Gasteiger partial charge is 0.317 e. The predicted molar refractivity (Wildman–Crippen MR) is 107 cm³/mol. The Morgan fingerprint density at radius 3 is 2.57 bits per heavy atom. The summed E-state index contributed by atoms with van der Waals surface area (Å²) in [5.41, 5.74) is 0.831. The molecule has 1 saturated heterocycles. The normalized spacial score (nSPS) is 17.1. The predicted octanol–water partition coefficient (Wildman–Crippen LogP) is 2.43. The molecule has 0 saturated carbocycles. The van der Waals surface area contributed by atoms with Crippen molar-refractivity contribution in [3.63, 3.8) is 0 Å². The van der Waals surface area contributed by atoms with E-state index >= 15 is 0 Å². The summed E-state index contributed by atoms with van der Waals surface area (Å²) < 4.78 is 5.90. The monoisotopic (exact) mass is 387 g/mol. The van der Waals surface area contributed by atoms with Crippen LogP contribution < -0.4 is 0 Å². The van der Waals surface area contributed by atoms with Crippen LogP contribution in [0, 0.1) is 0 Å². The number of amides is 1. The quantitative estimate of drug-likeness (QED) is 0.786. The van der Waals surface area contributed by atoms with E-state index in [1.165, 1.54) is 0 Å². The molecule has 0 aliphatic carbocycles. The fourth-order valence-electron chi connectivity index (χ4n) is 3.78. The molecule has 1 amide bonds. The van der Waals surface area contributed by atoms with Crippen LogP contribution in [0.15, 0.2) is 34.7 Å². The Bertz CT molecular complexity index is 793. The zero-order chi connectivity index (χ0) is 20.3. The first-order valence-corrected chi connectivity index (χ1v) is 9.73. The zero-order valence-corrected chi connectivity index (χ0v) is 16.8. The number of likely N-dealkylation sites (N-methyl/N-ethyl adjacent to an activating group) is 2. The maximum atomic E-state index is 12.8. The molecule has 0 spiro atoms. The van der Waals surface area contributed by atoms with Gasteiger partial charge in [-0.15, -0.1) is 0 Å². The van der Waals surface area contributed by atoms with E-state index in [0.29, 0.717) is 6.54 Å². The average Bonchev–Trinajstić information content (AvgIpc) is 3.11. The van der Waals surface area contributed by atoms with Crippen molar-refractivity contribution in [3.05, 3.63) is 36.1 Å². The first-order valence-electron chi connectivity index (χ1n) is 9.73. The third-order valence-electron chi connectivity index (χ3n) is 5.75. The largest absolute Gasteiger partial charge is 0.480 e. The molecule has 1 aliphatic rings. The van der Waals surface area contributed by atoms with Crippen molar-refractivity contribution in [2.24, 2.45) is 0 Å². The maximum Gasteiger partial charge on any atom is 0.317 e. The van der Waals surface area contributed by atoms with E-state index in [9.17, 15) is 9.59 Å². The highest BCUT2D eigenvalue weighted by Crippen LogP contribution is 2.27. The van der Waals surface area contributed by atoms with Gasteiger partial charge >= 0.3 is 5.97 Å². The number of benzene rings is 1. The molecular formula is C21H29N3O4. The van der Waals surface area contributed by atoms with Crippen LogP contribution in [0.4, 0.5) is 0 Å². The van der Waals surface area contributed by atoms with E-state index in [0.717, 1.165) is 42.7 Å². The van der Waals surface area contributed by atoms with Gasteiger partial charge in [0.15, 0.2) is 0 Å². The van der Waals surface area contributed by atoms with Crippen LogP contribution in [0.1, 0.15) is 31.6 Å². The van der Waals surface area contributed by atoms with Crippen LogP contribution >= 0.6 is 0 Å². The molecule has 1 atom stereocenters. The van der Waals surface area contributed by atoms with Gasteiger partial charge in [0.05, 0.1) is 19.1 Å². The summed E-state index contributed by atoms with van der Waals surface area (Å²) in [4.78, 5) is 29.4. The van der Waals surface area contributed by atoms with Crippen LogP contribution in [-0.4, -0.2) is 78.0 Å². The molecule has 1 unspecified atom stereocenters. The summed E-state index contributed by atoms with van der Waals surface area (Å²) in [6, 6.07) is 9.95. The molecule has 2 aromatic rings. The lowest BCUT2D eigenvalue weighted by atomic mass is 10.0. The van der Waals surface area contributed by atoms with Crippen LogP contribution in [0.5, 0.6) is 0 Å². The molecule has 0 radical (unpaired) electrons. The number of aliphatic carboxylic acids is 1. The van der Waals surface area contributed by atoms with E-state index in [-0.39, 0.29) is 24.5 Å². The van der Waals surface area contributed by atoms with Crippen LogP contribution in [0.3, 0.4) is 0 Å². The summed E-state index contributed by atoms with van der Waals surface area (Å²) in [6.07, 6.45) is 1.75. The summed E-state index contributed by atoms with van der Waals surface area (Å²) in [7, 11) is 3.66. The fraction of sp³-hybridized carbons (Fsp3) is 0.524. The van der Waals surface area contributed by atoms with Crippen molar-refractivity contribution in [2.75, 3.05) is 40.3 Å². The lowest BCUT2D eigenvalue weighted by molar-refractivity contribution is -0.138. The van der Waals surface area contributed by atoms with Gasteiger partial charge in [0.1, 0.15) is 11.3 Å². The van der Waals surface area contributed by atoms with Crippen molar-refractivity contribution < 1.29 is 19.1 Å². The number of para-hydroxylation sites is 1. The number of carboxylic acids is 1. The molecule has 3 rings (SSSR count). The minimum Gasteiger partial charge on any atom is -0.480 e. The lowest BCUT2D eigenvalue weighted by Gasteiger charge is -2.36. The number of likely N-dealkylation sites (tertiary alicyclic amines) is 1. The van der Waals surface area contributed by atoms with Crippen molar-refractivity contribution >= 4 is 22.8 Å². The minimum absolute atomic E-state index is 0.0569. The second kappa shape index (κ2) is 8.75. The molecule has 1 aromatic heterocycles. The molecule has 1 N–H and O–H groups in total. The Kier molecular flexibility index (Phi) is 6.36. The first-order chi connectivity index (χ1) is 13.3. The van der Waals surface area contributed by atoms with E-state index in [2.05, 4.69) is 4.90 Å². The highest BCUT2D eigenvalue weighted by molar-refractivity contribution is 5.80. The molecule has 28 heavy (non-hydrogen) atoms. The van der Waals surface area contributed by atoms with E-state index in [1.54, 1.807) is 4.90 Å².